The van der Waals surface area contributed by atoms with Crippen molar-refractivity contribution in [1.29, 1.82) is 5.26 Å². The van der Waals surface area contributed by atoms with Crippen molar-refractivity contribution >= 4 is 23.1 Å². The van der Waals surface area contributed by atoms with E-state index in [0.29, 0.717) is 0 Å². The maximum absolute atomic E-state index is 9.68. The lowest BCUT2D eigenvalue weighted by Gasteiger charge is -2.27. The molecule has 1 atom stereocenters. The van der Waals surface area contributed by atoms with E-state index in [-0.39, 0.29) is 0 Å². The molecule has 0 radical (unpaired) electrons. The number of thioether (sulfide) groups is 1. The Bertz CT molecular complexity index is 548. The van der Waals surface area contributed by atoms with Crippen molar-refractivity contribution < 1.29 is 0 Å². The Labute approximate surface area is 128 Å². The summed E-state index contributed by atoms with van der Waals surface area (Å²) in [6.07, 6.45) is 2.57. The van der Waals surface area contributed by atoms with Gasteiger partial charge in [-0.3, -0.25) is 5.32 Å². The fourth-order valence-electron chi connectivity index (χ4n) is 2.09. The molecule has 0 fully saturated rings. The molecular formula is C15H17N3S2. The molecule has 0 aliphatic rings. The Morgan fingerprint density at radius 1 is 1.40 bits per heavy atom. The molecule has 1 aromatic carbocycles. The first-order chi connectivity index (χ1) is 9.80. The van der Waals surface area contributed by atoms with Gasteiger partial charge >= 0.3 is 0 Å². The summed E-state index contributed by atoms with van der Waals surface area (Å²) in [5.74, 6) is 0.864. The first-order valence-corrected chi connectivity index (χ1v) is 8.41. The highest BCUT2D eigenvalue weighted by Crippen LogP contribution is 2.29. The minimum absolute atomic E-state index is 0.611. The molecule has 0 aliphatic carbocycles. The lowest BCUT2D eigenvalue weighted by Crippen LogP contribution is -2.41. The largest absolute Gasteiger partial charge is 0.296 e. The molecule has 0 aliphatic heterocycles. The lowest BCUT2D eigenvalue weighted by molar-refractivity contribution is 0.428. The van der Waals surface area contributed by atoms with E-state index < -0.39 is 5.54 Å². The van der Waals surface area contributed by atoms with Crippen LogP contribution in [-0.4, -0.2) is 17.3 Å². The molecule has 0 saturated carbocycles. The molecule has 3 nitrogen and oxygen atoms in total. The molecule has 1 heterocycles. The zero-order chi connectivity index (χ0) is 14.3. The molecule has 0 saturated heterocycles. The zero-order valence-electron chi connectivity index (χ0n) is 11.4. The van der Waals surface area contributed by atoms with Crippen LogP contribution < -0.4 is 5.32 Å². The SMILES string of the molecule is CCNC(C#N)(CCSc1nccs1)c1ccccc1. The maximum Gasteiger partial charge on any atom is 0.149 e. The van der Waals surface area contributed by atoms with Crippen LogP contribution in [0.2, 0.25) is 0 Å². The Kier molecular flexibility index (Phi) is 5.60. The van der Waals surface area contributed by atoms with Gasteiger partial charge in [0.1, 0.15) is 9.88 Å². The van der Waals surface area contributed by atoms with Crippen molar-refractivity contribution in [3.05, 3.63) is 47.5 Å². The van der Waals surface area contributed by atoms with Crippen molar-refractivity contribution in [3.63, 3.8) is 0 Å². The Morgan fingerprint density at radius 3 is 2.80 bits per heavy atom. The van der Waals surface area contributed by atoms with Crippen LogP contribution in [0.3, 0.4) is 0 Å². The van der Waals surface area contributed by atoms with Crippen LogP contribution in [0.5, 0.6) is 0 Å². The topological polar surface area (TPSA) is 48.7 Å². The minimum Gasteiger partial charge on any atom is -0.296 e. The molecule has 1 N–H and O–H groups in total. The van der Waals surface area contributed by atoms with Crippen LogP contribution in [0.1, 0.15) is 18.9 Å². The summed E-state index contributed by atoms with van der Waals surface area (Å²) in [6, 6.07) is 12.4. The second-order valence-corrected chi connectivity index (χ2v) is 6.55. The van der Waals surface area contributed by atoms with Crippen LogP contribution in [0.4, 0.5) is 0 Å². The standard InChI is InChI=1S/C15H17N3S2/c1-2-18-15(12-16,13-6-4-3-5-7-13)8-10-19-14-17-9-11-20-14/h3-7,9,11,18H,2,8,10H2,1H3. The first kappa shape index (κ1) is 15.0. The van der Waals surface area contributed by atoms with E-state index in [1.807, 2.05) is 48.8 Å². The van der Waals surface area contributed by atoms with Crippen LogP contribution in [0.15, 0.2) is 46.2 Å². The third-order valence-corrected chi connectivity index (χ3v) is 5.02. The molecule has 0 amide bonds. The summed E-state index contributed by atoms with van der Waals surface area (Å²) in [4.78, 5) is 4.26. The highest BCUT2D eigenvalue weighted by molar-refractivity contribution is 8.00. The molecule has 20 heavy (non-hydrogen) atoms. The van der Waals surface area contributed by atoms with Crippen molar-refractivity contribution in [2.45, 2.75) is 23.2 Å². The molecule has 2 aromatic rings. The van der Waals surface area contributed by atoms with E-state index in [2.05, 4.69) is 16.4 Å². The fraction of sp³-hybridized carbons (Fsp3) is 0.333. The lowest BCUT2D eigenvalue weighted by atomic mass is 9.88. The summed E-state index contributed by atoms with van der Waals surface area (Å²) in [5, 5.41) is 15.0. The van der Waals surface area contributed by atoms with Gasteiger partial charge < -0.3 is 0 Å². The van der Waals surface area contributed by atoms with Crippen molar-refractivity contribution in [1.82, 2.24) is 10.3 Å². The Balaban J connectivity index is 2.09. The third kappa shape index (κ3) is 3.60. The van der Waals surface area contributed by atoms with Gasteiger partial charge in [0.25, 0.3) is 0 Å². The van der Waals surface area contributed by atoms with Gasteiger partial charge in [-0.05, 0) is 18.5 Å². The number of hydrogen-bond acceptors (Lipinski definition) is 5. The fourth-order valence-corrected chi connectivity index (χ4v) is 3.86. The number of rotatable bonds is 7. The van der Waals surface area contributed by atoms with Crippen LogP contribution in [0.25, 0.3) is 0 Å². The highest BCUT2D eigenvalue weighted by atomic mass is 32.2. The molecule has 0 bridgehead atoms. The molecule has 1 aromatic heterocycles. The zero-order valence-corrected chi connectivity index (χ0v) is 13.0. The van der Waals surface area contributed by atoms with Gasteiger partial charge in [-0.1, -0.05) is 49.0 Å². The molecule has 1 unspecified atom stereocenters. The summed E-state index contributed by atoms with van der Waals surface area (Å²) in [6.45, 7) is 2.80. The van der Waals surface area contributed by atoms with Gasteiger partial charge in [-0.2, -0.15) is 5.26 Å². The molecule has 104 valence electrons. The third-order valence-electron chi connectivity index (χ3n) is 3.05. The van der Waals surface area contributed by atoms with Crippen molar-refractivity contribution in [3.8, 4) is 6.07 Å². The van der Waals surface area contributed by atoms with Crippen LogP contribution >= 0.6 is 23.1 Å². The predicted octanol–water partition coefficient (Wildman–Crippen LogP) is 3.65. The average molecular weight is 303 g/mol. The second kappa shape index (κ2) is 7.44. The monoisotopic (exact) mass is 303 g/mol. The first-order valence-electron chi connectivity index (χ1n) is 6.55. The number of nitrogens with zero attached hydrogens (tertiary/aromatic N) is 2. The number of hydrogen-bond donors (Lipinski definition) is 1. The van der Waals surface area contributed by atoms with Gasteiger partial charge in [0, 0.05) is 17.3 Å². The summed E-state index contributed by atoms with van der Waals surface area (Å²) in [5.41, 5.74) is 0.421. The quantitative estimate of drug-likeness (QED) is 0.793. The second-order valence-electron chi connectivity index (χ2n) is 4.31. The average Bonchev–Trinajstić information content (AvgIpc) is 3.00. The predicted molar refractivity (Wildman–Crippen MR) is 84.9 cm³/mol. The van der Waals surface area contributed by atoms with Crippen LogP contribution in [-0.2, 0) is 5.54 Å². The van der Waals surface area contributed by atoms with E-state index >= 15 is 0 Å². The van der Waals surface area contributed by atoms with Gasteiger partial charge in [0.15, 0.2) is 0 Å². The summed E-state index contributed by atoms with van der Waals surface area (Å²) < 4.78 is 1.06. The van der Waals surface area contributed by atoms with E-state index in [1.54, 1.807) is 23.1 Å². The number of nitrogens with one attached hydrogen (secondary N) is 1. The minimum atomic E-state index is -0.611. The van der Waals surface area contributed by atoms with Gasteiger partial charge in [-0.15, -0.1) is 11.3 Å². The molecule has 2 rings (SSSR count). The highest BCUT2D eigenvalue weighted by Gasteiger charge is 2.30. The van der Waals surface area contributed by atoms with Crippen molar-refractivity contribution in [2.24, 2.45) is 0 Å². The summed E-state index contributed by atoms with van der Waals surface area (Å²) >= 11 is 3.34. The van der Waals surface area contributed by atoms with E-state index in [9.17, 15) is 5.26 Å². The van der Waals surface area contributed by atoms with Gasteiger partial charge in [0.2, 0.25) is 0 Å². The Morgan fingerprint density at radius 2 is 2.20 bits per heavy atom. The number of aromatic nitrogens is 1. The smallest absolute Gasteiger partial charge is 0.149 e. The molecule has 5 heteroatoms. The van der Waals surface area contributed by atoms with Crippen molar-refractivity contribution in [2.75, 3.05) is 12.3 Å². The normalized spacial score (nSPS) is 13.6. The van der Waals surface area contributed by atoms with Crippen LogP contribution in [0, 0.1) is 11.3 Å². The number of benzene rings is 1. The van der Waals surface area contributed by atoms with Gasteiger partial charge in [-0.25, -0.2) is 4.98 Å². The Hall–Kier alpha value is -1.35. The van der Waals surface area contributed by atoms with E-state index in [4.69, 9.17) is 0 Å². The molecular weight excluding hydrogens is 286 g/mol. The van der Waals surface area contributed by atoms with Gasteiger partial charge in [0.05, 0.1) is 6.07 Å². The maximum atomic E-state index is 9.68. The van der Waals surface area contributed by atoms with E-state index in [1.165, 1.54) is 0 Å². The number of nitriles is 1. The molecule has 0 spiro atoms. The number of thiazole rings is 1. The van der Waals surface area contributed by atoms with E-state index in [0.717, 1.165) is 28.6 Å². The summed E-state index contributed by atoms with van der Waals surface area (Å²) in [7, 11) is 0.